The molecule has 9 nitrogen and oxygen atoms in total. The van der Waals surface area contributed by atoms with Crippen LogP contribution < -0.4 is 0 Å². The maximum atomic E-state index is 9.95. The maximum absolute atomic E-state index is 9.95. The van der Waals surface area contributed by atoms with Crippen LogP contribution in [0.1, 0.15) is 19.8 Å². The molecule has 18 heavy (non-hydrogen) atoms. The van der Waals surface area contributed by atoms with Gasteiger partial charge in [0.1, 0.15) is 0 Å². The van der Waals surface area contributed by atoms with Crippen molar-refractivity contribution in [1.29, 1.82) is 0 Å². The lowest BCUT2D eigenvalue weighted by Gasteiger charge is -1.90. The van der Waals surface area contributed by atoms with Crippen LogP contribution in [-0.2, 0) is 20.5 Å². The van der Waals surface area contributed by atoms with Crippen LogP contribution >= 0.6 is 0 Å². The molecule has 1 rings (SSSR count). The van der Waals surface area contributed by atoms with Gasteiger partial charge < -0.3 is 4.98 Å². The Morgan fingerprint density at radius 1 is 1.17 bits per heavy atom. The summed E-state index contributed by atoms with van der Waals surface area (Å²) in [6, 6.07) is 0. The fraction of sp³-hybridized carbons (Fsp3) is 0.571. The largest absolute Gasteiger partial charge is 0.394 e. The Kier molecular flexibility index (Phi) is 10.7. The second-order valence-corrected chi connectivity index (χ2v) is 5.32. The average Bonchev–Trinajstić information content (AvgIpc) is 2.68. The lowest BCUT2D eigenvalue weighted by atomic mass is 10.4. The van der Waals surface area contributed by atoms with Crippen molar-refractivity contribution in [3.8, 4) is 0 Å². The van der Waals surface area contributed by atoms with E-state index in [1.54, 1.807) is 18.7 Å². The van der Waals surface area contributed by atoms with Gasteiger partial charge in [0, 0.05) is 12.4 Å². The van der Waals surface area contributed by atoms with Gasteiger partial charge in [0.25, 0.3) is 10.1 Å². The molecule has 1 aromatic heterocycles. The standard InChI is InChI=1S/C4H10O3S.C3H4N2.H2O4S/c1-2-3-4-8(5,6)7;1-2-5-3-4-1;1-5(2,3)4/h2-4H2,1H3,(H,5,6,7);1-3H,(H,4,5);(H2,1,2,3,4). The summed E-state index contributed by atoms with van der Waals surface area (Å²) in [5, 5.41) is 0. The molecule has 0 aromatic carbocycles. The summed E-state index contributed by atoms with van der Waals surface area (Å²) in [6.07, 6.45) is 6.42. The summed E-state index contributed by atoms with van der Waals surface area (Å²) in [4.78, 5) is 6.42. The van der Waals surface area contributed by atoms with Crippen LogP contribution in [0.15, 0.2) is 18.7 Å². The Morgan fingerprint density at radius 3 is 1.78 bits per heavy atom. The van der Waals surface area contributed by atoms with Crippen LogP contribution in [0.3, 0.4) is 0 Å². The Balaban J connectivity index is 0. The van der Waals surface area contributed by atoms with Crippen LogP contribution in [0.2, 0.25) is 0 Å². The Morgan fingerprint density at radius 2 is 1.67 bits per heavy atom. The zero-order valence-electron chi connectivity index (χ0n) is 9.59. The second kappa shape index (κ2) is 9.96. The summed E-state index contributed by atoms with van der Waals surface area (Å²) in [5.74, 6) is -0.108. The first-order valence-electron chi connectivity index (χ1n) is 4.64. The number of imidazole rings is 1. The molecule has 0 saturated heterocycles. The van der Waals surface area contributed by atoms with E-state index in [1.807, 2.05) is 6.92 Å². The van der Waals surface area contributed by atoms with Crippen LogP contribution in [0.4, 0.5) is 0 Å². The molecule has 0 bridgehead atoms. The molecule has 0 aliphatic carbocycles. The fourth-order valence-electron chi connectivity index (χ4n) is 0.542. The number of hydrogen-bond acceptors (Lipinski definition) is 5. The summed E-state index contributed by atoms with van der Waals surface area (Å²) in [6.45, 7) is 1.87. The molecule has 0 atom stereocenters. The van der Waals surface area contributed by atoms with E-state index in [4.69, 9.17) is 22.1 Å². The molecule has 11 heteroatoms. The highest BCUT2D eigenvalue weighted by Gasteiger charge is 2.00. The molecule has 1 aromatic rings. The van der Waals surface area contributed by atoms with E-state index in [0.717, 1.165) is 6.42 Å². The van der Waals surface area contributed by atoms with Crippen molar-refractivity contribution in [2.75, 3.05) is 5.75 Å². The zero-order valence-corrected chi connectivity index (χ0v) is 11.2. The minimum Gasteiger partial charge on any atom is -0.351 e. The van der Waals surface area contributed by atoms with Gasteiger partial charge in [0.2, 0.25) is 0 Å². The first-order chi connectivity index (χ1) is 8.06. The molecule has 108 valence electrons. The first-order valence-corrected chi connectivity index (χ1v) is 7.64. The zero-order chi connectivity index (χ0) is 14.7. The van der Waals surface area contributed by atoms with E-state index in [0.29, 0.717) is 6.42 Å². The molecular formula is C7H16N2O7S2. The Hall–Kier alpha value is -1.01. The minimum absolute atomic E-state index is 0.108. The van der Waals surface area contributed by atoms with Gasteiger partial charge in [-0.15, -0.1) is 0 Å². The van der Waals surface area contributed by atoms with Crippen molar-refractivity contribution < 1.29 is 30.5 Å². The van der Waals surface area contributed by atoms with Crippen LogP contribution in [0, 0.1) is 0 Å². The number of nitrogens with zero attached hydrogens (tertiary/aromatic N) is 1. The smallest absolute Gasteiger partial charge is 0.351 e. The number of nitrogens with one attached hydrogen (secondary N) is 1. The molecule has 0 radical (unpaired) electrons. The lowest BCUT2D eigenvalue weighted by molar-refractivity contribution is 0.381. The quantitative estimate of drug-likeness (QED) is 0.585. The van der Waals surface area contributed by atoms with E-state index in [9.17, 15) is 8.42 Å². The number of unbranched alkanes of at least 4 members (excludes halogenated alkanes) is 1. The van der Waals surface area contributed by atoms with E-state index < -0.39 is 20.5 Å². The predicted octanol–water partition coefficient (Wildman–Crippen LogP) is 0.431. The topological polar surface area (TPSA) is 158 Å². The van der Waals surface area contributed by atoms with E-state index >= 15 is 0 Å². The highest BCUT2D eigenvalue weighted by Crippen LogP contribution is 1.90. The Labute approximate surface area is 106 Å². The van der Waals surface area contributed by atoms with Crippen LogP contribution in [-0.4, -0.2) is 46.2 Å². The van der Waals surface area contributed by atoms with Gasteiger partial charge >= 0.3 is 10.4 Å². The van der Waals surface area contributed by atoms with E-state index in [-0.39, 0.29) is 5.75 Å². The SMILES string of the molecule is CCCCS(=O)(=O)O.O=S(=O)(O)O.c1c[nH]cn1. The van der Waals surface area contributed by atoms with Crippen LogP contribution in [0.5, 0.6) is 0 Å². The fourth-order valence-corrected chi connectivity index (χ4v) is 1.20. The molecule has 0 aliphatic rings. The number of rotatable bonds is 3. The Bertz CT molecular complexity index is 441. The van der Waals surface area contributed by atoms with Crippen molar-refractivity contribution in [1.82, 2.24) is 9.97 Å². The molecule has 0 saturated carbocycles. The monoisotopic (exact) mass is 304 g/mol. The number of hydrogen-bond donors (Lipinski definition) is 4. The highest BCUT2D eigenvalue weighted by atomic mass is 32.3. The summed E-state index contributed by atoms with van der Waals surface area (Å²) >= 11 is 0. The minimum atomic E-state index is -4.67. The first kappa shape index (κ1) is 19.3. The van der Waals surface area contributed by atoms with Gasteiger partial charge in [-0.05, 0) is 6.42 Å². The van der Waals surface area contributed by atoms with Crippen molar-refractivity contribution in [2.45, 2.75) is 19.8 Å². The average molecular weight is 304 g/mol. The van der Waals surface area contributed by atoms with Gasteiger partial charge in [-0.3, -0.25) is 13.7 Å². The second-order valence-electron chi connectivity index (χ2n) is 2.85. The summed E-state index contributed by atoms with van der Waals surface area (Å²) in [5.41, 5.74) is 0. The van der Waals surface area contributed by atoms with Crippen molar-refractivity contribution in [3.63, 3.8) is 0 Å². The number of H-pyrrole nitrogens is 1. The molecule has 0 spiro atoms. The van der Waals surface area contributed by atoms with Crippen LogP contribution in [0.25, 0.3) is 0 Å². The van der Waals surface area contributed by atoms with Crippen molar-refractivity contribution >= 4 is 20.5 Å². The van der Waals surface area contributed by atoms with Gasteiger partial charge in [0.05, 0.1) is 12.1 Å². The molecule has 4 N–H and O–H groups in total. The molecule has 0 unspecified atom stereocenters. The van der Waals surface area contributed by atoms with E-state index in [1.165, 1.54) is 0 Å². The third-order valence-corrected chi connectivity index (χ3v) is 1.97. The maximum Gasteiger partial charge on any atom is 0.394 e. The molecular weight excluding hydrogens is 288 g/mol. The summed E-state index contributed by atoms with van der Waals surface area (Å²) < 4.78 is 59.6. The van der Waals surface area contributed by atoms with Gasteiger partial charge in [-0.1, -0.05) is 13.3 Å². The number of aromatic amines is 1. The predicted molar refractivity (Wildman–Crippen MR) is 64.1 cm³/mol. The lowest BCUT2D eigenvalue weighted by Crippen LogP contribution is -2.02. The van der Waals surface area contributed by atoms with E-state index in [2.05, 4.69) is 9.97 Å². The molecule has 0 aliphatic heterocycles. The van der Waals surface area contributed by atoms with Crippen molar-refractivity contribution in [2.24, 2.45) is 0 Å². The molecule has 0 amide bonds. The molecule has 0 fully saturated rings. The van der Waals surface area contributed by atoms with Gasteiger partial charge in [-0.25, -0.2) is 4.98 Å². The third-order valence-electron chi connectivity index (χ3n) is 1.16. The van der Waals surface area contributed by atoms with Crippen molar-refractivity contribution in [3.05, 3.63) is 18.7 Å². The normalized spacial score (nSPS) is 10.7. The molecule has 1 heterocycles. The number of aromatic nitrogens is 2. The summed E-state index contributed by atoms with van der Waals surface area (Å²) in [7, 11) is -8.35. The van der Waals surface area contributed by atoms with Gasteiger partial charge in [0.15, 0.2) is 0 Å². The third kappa shape index (κ3) is 36.3. The highest BCUT2D eigenvalue weighted by molar-refractivity contribution is 7.85. The van der Waals surface area contributed by atoms with Gasteiger partial charge in [-0.2, -0.15) is 16.8 Å².